The smallest absolute Gasteiger partial charge is 0.231 e. The minimum atomic E-state index is 0.275. The highest BCUT2D eigenvalue weighted by Crippen LogP contribution is 2.29. The molecule has 0 aromatic carbocycles. The third-order valence-electron chi connectivity index (χ3n) is 6.38. The lowest BCUT2D eigenvalue weighted by Gasteiger charge is -2.28. The summed E-state index contributed by atoms with van der Waals surface area (Å²) >= 11 is 0. The van der Waals surface area contributed by atoms with Gasteiger partial charge in [0.05, 0.1) is 30.9 Å². The van der Waals surface area contributed by atoms with Crippen LogP contribution in [0.4, 0.5) is 23.3 Å². The van der Waals surface area contributed by atoms with Crippen LogP contribution in [0.15, 0.2) is 18.5 Å². The summed E-state index contributed by atoms with van der Waals surface area (Å²) in [6.07, 6.45) is 5.72. The van der Waals surface area contributed by atoms with Crippen molar-refractivity contribution in [2.45, 2.75) is 38.6 Å². The van der Waals surface area contributed by atoms with Crippen molar-refractivity contribution >= 4 is 34.4 Å². The number of H-pyrrole nitrogens is 1. The molecule has 2 fully saturated rings. The van der Waals surface area contributed by atoms with E-state index in [4.69, 9.17) is 14.7 Å². The molecule has 1 aliphatic carbocycles. The number of anilines is 4. The molecule has 0 bridgehead atoms. The van der Waals surface area contributed by atoms with Crippen LogP contribution in [0.5, 0.6) is 0 Å². The van der Waals surface area contributed by atoms with Crippen molar-refractivity contribution < 1.29 is 9.84 Å². The molecular weight excluding hydrogens is 408 g/mol. The monoisotopic (exact) mass is 438 g/mol. The second kappa shape index (κ2) is 9.25. The van der Waals surface area contributed by atoms with E-state index in [1.54, 1.807) is 6.33 Å². The van der Waals surface area contributed by atoms with Crippen molar-refractivity contribution in [3.8, 4) is 0 Å². The number of aliphatic hydroxyl groups excluding tert-OH is 1. The van der Waals surface area contributed by atoms with Crippen LogP contribution < -0.4 is 15.5 Å². The number of rotatable bonds is 6. The number of morpholine rings is 1. The number of imidazole rings is 1. The number of ether oxygens (including phenoxy) is 1. The zero-order valence-electron chi connectivity index (χ0n) is 18.3. The Balaban J connectivity index is 1.34. The van der Waals surface area contributed by atoms with Gasteiger partial charge in [0.25, 0.3) is 0 Å². The van der Waals surface area contributed by atoms with Crippen LogP contribution in [0.25, 0.3) is 11.2 Å². The van der Waals surface area contributed by atoms with Crippen LogP contribution >= 0.6 is 0 Å². The maximum absolute atomic E-state index is 9.39. The van der Waals surface area contributed by atoms with Crippen LogP contribution in [0, 0.1) is 12.8 Å². The average molecular weight is 439 g/mol. The summed E-state index contributed by atoms with van der Waals surface area (Å²) in [7, 11) is 0. The van der Waals surface area contributed by atoms with E-state index in [0.717, 1.165) is 80.5 Å². The quantitative estimate of drug-likeness (QED) is 0.460. The molecule has 1 aliphatic heterocycles. The molecular formula is C22H30N8O2. The molecule has 0 unspecified atom stereocenters. The van der Waals surface area contributed by atoms with Crippen molar-refractivity contribution in [1.82, 2.24) is 24.9 Å². The van der Waals surface area contributed by atoms with Gasteiger partial charge >= 0.3 is 0 Å². The van der Waals surface area contributed by atoms with E-state index < -0.39 is 0 Å². The lowest BCUT2D eigenvalue weighted by atomic mass is 9.86. The number of aliphatic hydroxyl groups is 1. The van der Waals surface area contributed by atoms with E-state index >= 15 is 0 Å². The number of pyridine rings is 1. The number of hydrogen-bond acceptors (Lipinski definition) is 9. The van der Waals surface area contributed by atoms with Crippen molar-refractivity contribution in [2.75, 3.05) is 48.4 Å². The number of fused-ring (bicyclic) bond motifs is 1. The minimum absolute atomic E-state index is 0.275. The largest absolute Gasteiger partial charge is 0.396 e. The molecule has 10 heteroatoms. The highest BCUT2D eigenvalue weighted by atomic mass is 16.5. The van der Waals surface area contributed by atoms with Gasteiger partial charge in [-0.1, -0.05) is 0 Å². The van der Waals surface area contributed by atoms with Crippen molar-refractivity contribution in [2.24, 2.45) is 5.92 Å². The fourth-order valence-corrected chi connectivity index (χ4v) is 4.45. The van der Waals surface area contributed by atoms with E-state index in [-0.39, 0.29) is 6.61 Å². The average Bonchev–Trinajstić information content (AvgIpc) is 3.30. The standard InChI is InChI=1S/C22H30N8O2/c1-14-17(6-7-18(25-14)30-8-10-32-11-9-30)27-22-28-20-19(23-13-24-20)21(29-22)26-16-4-2-15(12-31)3-5-16/h6-7,13,15-16,31H,2-5,8-12H2,1H3,(H3,23,24,26,27,28,29). The molecule has 1 saturated heterocycles. The molecule has 0 amide bonds. The molecule has 32 heavy (non-hydrogen) atoms. The topological polar surface area (TPSA) is 124 Å². The van der Waals surface area contributed by atoms with Crippen LogP contribution in [-0.2, 0) is 4.74 Å². The molecule has 0 atom stereocenters. The molecule has 1 saturated carbocycles. The van der Waals surface area contributed by atoms with Crippen LogP contribution in [-0.4, -0.2) is 69.0 Å². The van der Waals surface area contributed by atoms with Crippen molar-refractivity contribution in [3.05, 3.63) is 24.2 Å². The van der Waals surface area contributed by atoms with Gasteiger partial charge in [-0.3, -0.25) is 0 Å². The maximum Gasteiger partial charge on any atom is 0.231 e. The zero-order chi connectivity index (χ0) is 21.9. The number of hydrogen-bond donors (Lipinski definition) is 4. The maximum atomic E-state index is 9.39. The van der Waals surface area contributed by atoms with E-state index in [2.05, 4.69) is 30.5 Å². The van der Waals surface area contributed by atoms with Gasteiger partial charge in [0.15, 0.2) is 11.5 Å². The number of aromatic amines is 1. The van der Waals surface area contributed by atoms with Gasteiger partial charge in [-0.25, -0.2) is 9.97 Å². The van der Waals surface area contributed by atoms with E-state index in [9.17, 15) is 5.11 Å². The zero-order valence-corrected chi connectivity index (χ0v) is 18.3. The van der Waals surface area contributed by atoms with Gasteiger partial charge < -0.3 is 30.4 Å². The van der Waals surface area contributed by atoms with E-state index in [0.29, 0.717) is 23.6 Å². The fraction of sp³-hybridized carbons (Fsp3) is 0.545. The summed E-state index contributed by atoms with van der Waals surface area (Å²) in [5.41, 5.74) is 3.17. The van der Waals surface area contributed by atoms with Gasteiger partial charge in [0, 0.05) is 25.7 Å². The number of nitrogens with zero attached hydrogens (tertiary/aromatic N) is 5. The van der Waals surface area contributed by atoms with Gasteiger partial charge in [0.2, 0.25) is 5.95 Å². The van der Waals surface area contributed by atoms with Crippen LogP contribution in [0.3, 0.4) is 0 Å². The Kier molecular flexibility index (Phi) is 6.04. The molecule has 3 aromatic rings. The summed E-state index contributed by atoms with van der Waals surface area (Å²) < 4.78 is 5.44. The second-order valence-electron chi connectivity index (χ2n) is 8.57. The SMILES string of the molecule is Cc1nc(N2CCOCC2)ccc1Nc1nc(NC2CCC(CO)CC2)c2[nH]cnc2n1. The molecule has 4 heterocycles. The first-order chi connectivity index (χ1) is 15.7. The number of aromatic nitrogens is 5. The molecule has 10 nitrogen and oxygen atoms in total. The van der Waals surface area contributed by atoms with Gasteiger partial charge in [-0.15, -0.1) is 0 Å². The highest BCUT2D eigenvalue weighted by molar-refractivity contribution is 5.84. The molecule has 0 spiro atoms. The van der Waals surface area contributed by atoms with Gasteiger partial charge in [-0.2, -0.15) is 9.97 Å². The van der Waals surface area contributed by atoms with Gasteiger partial charge in [0.1, 0.15) is 11.3 Å². The van der Waals surface area contributed by atoms with Crippen LogP contribution in [0.1, 0.15) is 31.4 Å². The van der Waals surface area contributed by atoms with Crippen molar-refractivity contribution in [1.29, 1.82) is 0 Å². The molecule has 170 valence electrons. The first-order valence-electron chi connectivity index (χ1n) is 11.4. The third kappa shape index (κ3) is 4.46. The lowest BCUT2D eigenvalue weighted by molar-refractivity contribution is 0.122. The first kappa shape index (κ1) is 20.9. The first-order valence-corrected chi connectivity index (χ1v) is 11.4. The molecule has 3 aromatic heterocycles. The summed E-state index contributed by atoms with van der Waals surface area (Å²) in [5.74, 6) is 2.61. The number of nitrogens with one attached hydrogen (secondary N) is 3. The Labute approximate surface area is 186 Å². The summed E-state index contributed by atoms with van der Waals surface area (Å²) in [4.78, 5) is 23.8. The Hall–Kier alpha value is -2.98. The summed E-state index contributed by atoms with van der Waals surface area (Å²) in [6.45, 7) is 5.43. The van der Waals surface area contributed by atoms with Crippen molar-refractivity contribution in [3.63, 3.8) is 0 Å². The predicted molar refractivity (Wildman–Crippen MR) is 123 cm³/mol. The Morgan fingerprint density at radius 3 is 2.69 bits per heavy atom. The Bertz CT molecular complexity index is 1060. The normalized spacial score (nSPS) is 21.6. The summed E-state index contributed by atoms with van der Waals surface area (Å²) in [5, 5.41) is 16.3. The second-order valence-corrected chi connectivity index (χ2v) is 8.57. The molecule has 4 N–H and O–H groups in total. The molecule has 0 radical (unpaired) electrons. The van der Waals surface area contributed by atoms with E-state index in [1.165, 1.54) is 0 Å². The predicted octanol–water partition coefficient (Wildman–Crippen LogP) is 2.60. The highest BCUT2D eigenvalue weighted by Gasteiger charge is 2.22. The van der Waals surface area contributed by atoms with Gasteiger partial charge in [-0.05, 0) is 50.7 Å². The van der Waals surface area contributed by atoms with E-state index in [1.807, 2.05) is 19.1 Å². The molecule has 2 aliphatic rings. The minimum Gasteiger partial charge on any atom is -0.396 e. The number of aryl methyl sites for hydroxylation is 1. The Morgan fingerprint density at radius 2 is 1.94 bits per heavy atom. The fourth-order valence-electron chi connectivity index (χ4n) is 4.45. The molecule has 5 rings (SSSR count). The van der Waals surface area contributed by atoms with Crippen LogP contribution in [0.2, 0.25) is 0 Å². The Morgan fingerprint density at radius 1 is 1.12 bits per heavy atom. The third-order valence-corrected chi connectivity index (χ3v) is 6.38. The summed E-state index contributed by atoms with van der Waals surface area (Å²) in [6, 6.07) is 4.37. The lowest BCUT2D eigenvalue weighted by Crippen LogP contribution is -2.36.